The number of rotatable bonds is 5. The van der Waals surface area contributed by atoms with Crippen molar-refractivity contribution >= 4 is 9.84 Å². The van der Waals surface area contributed by atoms with Gasteiger partial charge >= 0.3 is 0 Å². The number of allylic oxidation sites excluding steroid dienone is 2. The molecule has 0 heterocycles. The van der Waals surface area contributed by atoms with Crippen LogP contribution >= 0.6 is 0 Å². The first-order chi connectivity index (χ1) is 8.01. The van der Waals surface area contributed by atoms with Gasteiger partial charge in [-0.05, 0) is 37.0 Å². The minimum Gasteiger partial charge on any atom is -0.224 e. The van der Waals surface area contributed by atoms with Crippen LogP contribution in [0.3, 0.4) is 0 Å². The Hall–Kier alpha value is -1.09. The van der Waals surface area contributed by atoms with Gasteiger partial charge in [-0.1, -0.05) is 38.1 Å². The average molecular weight is 252 g/mol. The minimum atomic E-state index is -3.09. The third kappa shape index (κ3) is 3.70. The molecule has 1 atom stereocenters. The molecule has 0 bridgehead atoms. The molecule has 1 aromatic carbocycles. The molecule has 0 aliphatic carbocycles. The van der Waals surface area contributed by atoms with Crippen LogP contribution in [0.5, 0.6) is 0 Å². The van der Waals surface area contributed by atoms with E-state index in [1.165, 1.54) is 0 Å². The number of sulfone groups is 1. The zero-order valence-corrected chi connectivity index (χ0v) is 11.5. The summed E-state index contributed by atoms with van der Waals surface area (Å²) in [7, 11) is -3.09. The van der Waals surface area contributed by atoms with Gasteiger partial charge in [-0.3, -0.25) is 0 Å². The van der Waals surface area contributed by atoms with Gasteiger partial charge in [0.05, 0.1) is 10.6 Å². The summed E-state index contributed by atoms with van der Waals surface area (Å²) in [6, 6.07) is 7.28. The van der Waals surface area contributed by atoms with Gasteiger partial charge in [0.1, 0.15) is 0 Å². The molecule has 0 aliphatic rings. The van der Waals surface area contributed by atoms with Crippen LogP contribution < -0.4 is 0 Å². The van der Waals surface area contributed by atoms with Gasteiger partial charge in [0.25, 0.3) is 0 Å². The van der Waals surface area contributed by atoms with Crippen molar-refractivity contribution in [1.82, 2.24) is 0 Å². The largest absolute Gasteiger partial charge is 0.224 e. The van der Waals surface area contributed by atoms with Gasteiger partial charge in [-0.2, -0.15) is 0 Å². The fraction of sp³-hybridized carbons (Fsp3) is 0.429. The molecular weight excluding hydrogens is 232 g/mol. The lowest BCUT2D eigenvalue weighted by molar-refractivity contribution is 0.597. The molecule has 1 unspecified atom stereocenters. The smallest absolute Gasteiger partial charge is 0.178 e. The van der Waals surface area contributed by atoms with E-state index >= 15 is 0 Å². The Labute approximate surface area is 104 Å². The predicted octanol–water partition coefficient (Wildman–Crippen LogP) is 3.55. The maximum absolute atomic E-state index is 11.8. The van der Waals surface area contributed by atoms with Crippen molar-refractivity contribution in [2.24, 2.45) is 0 Å². The van der Waals surface area contributed by atoms with Crippen LogP contribution in [0.25, 0.3) is 0 Å². The molecule has 3 heteroatoms. The molecule has 0 radical (unpaired) electrons. The first kappa shape index (κ1) is 14.0. The molecule has 0 saturated carbocycles. The van der Waals surface area contributed by atoms with Gasteiger partial charge in [0.2, 0.25) is 0 Å². The maximum Gasteiger partial charge on any atom is 0.178 e. The molecule has 2 nitrogen and oxygen atoms in total. The zero-order valence-electron chi connectivity index (χ0n) is 10.7. The van der Waals surface area contributed by atoms with Crippen LogP contribution in [0.1, 0.15) is 38.7 Å². The van der Waals surface area contributed by atoms with Crippen molar-refractivity contribution in [2.45, 2.75) is 38.0 Å². The molecule has 17 heavy (non-hydrogen) atoms. The number of hydrogen-bond donors (Lipinski definition) is 0. The Morgan fingerprint density at radius 3 is 2.65 bits per heavy atom. The monoisotopic (exact) mass is 252 g/mol. The van der Waals surface area contributed by atoms with Gasteiger partial charge in [-0.25, -0.2) is 8.42 Å². The molecule has 0 saturated heterocycles. The lowest BCUT2D eigenvalue weighted by atomic mass is 9.98. The van der Waals surface area contributed by atoms with Crippen molar-refractivity contribution in [2.75, 3.05) is 5.75 Å². The van der Waals surface area contributed by atoms with Crippen LogP contribution in [0, 0.1) is 0 Å². The van der Waals surface area contributed by atoms with Crippen molar-refractivity contribution in [3.8, 4) is 0 Å². The quantitative estimate of drug-likeness (QED) is 0.751. The summed E-state index contributed by atoms with van der Waals surface area (Å²) in [5, 5.41) is 0. The Balaban J connectivity index is 3.01. The second kappa shape index (κ2) is 6.01. The molecule has 0 aliphatic heterocycles. The van der Waals surface area contributed by atoms with E-state index in [-0.39, 0.29) is 5.75 Å². The Bertz CT molecular complexity index is 487. The summed E-state index contributed by atoms with van der Waals surface area (Å²) in [4.78, 5) is 0.435. The number of hydrogen-bond acceptors (Lipinski definition) is 2. The highest BCUT2D eigenvalue weighted by molar-refractivity contribution is 7.91. The van der Waals surface area contributed by atoms with Crippen LogP contribution in [0.2, 0.25) is 0 Å². The third-order valence-corrected chi connectivity index (χ3v) is 4.62. The SMILES string of the molecule is C/C=C\CC(C)c1cccc(S(=O)(=O)CC)c1. The summed E-state index contributed by atoms with van der Waals surface area (Å²) in [5.74, 6) is 0.498. The van der Waals surface area contributed by atoms with Crippen LogP contribution in [-0.2, 0) is 9.84 Å². The van der Waals surface area contributed by atoms with Crippen molar-refractivity contribution in [1.29, 1.82) is 0 Å². The summed E-state index contributed by atoms with van der Waals surface area (Å²) in [6.07, 6.45) is 5.06. The standard InChI is InChI=1S/C14H20O2S/c1-4-6-8-12(3)13-9-7-10-14(11-13)17(15,16)5-2/h4,6-7,9-12H,5,8H2,1-3H3/b6-4-. The molecule has 0 aromatic heterocycles. The molecule has 94 valence electrons. The normalized spacial score (nSPS) is 14.1. The second-order valence-electron chi connectivity index (χ2n) is 4.18. The maximum atomic E-state index is 11.8. The van der Waals surface area contributed by atoms with Crippen molar-refractivity contribution in [3.63, 3.8) is 0 Å². The lowest BCUT2D eigenvalue weighted by Gasteiger charge is -2.11. The summed E-state index contributed by atoms with van der Waals surface area (Å²) in [5.41, 5.74) is 1.08. The van der Waals surface area contributed by atoms with Gasteiger partial charge in [0.15, 0.2) is 9.84 Å². The Morgan fingerprint density at radius 2 is 2.06 bits per heavy atom. The minimum absolute atomic E-state index is 0.152. The Kier molecular flexibility index (Phi) is 4.94. The van der Waals surface area contributed by atoms with Crippen molar-refractivity contribution in [3.05, 3.63) is 42.0 Å². The molecule has 0 N–H and O–H groups in total. The van der Waals surface area contributed by atoms with Crippen LogP contribution in [0.4, 0.5) is 0 Å². The first-order valence-corrected chi connectivity index (χ1v) is 7.60. The predicted molar refractivity (Wildman–Crippen MR) is 72.0 cm³/mol. The molecule has 0 amide bonds. The summed E-state index contributed by atoms with van der Waals surface area (Å²) >= 11 is 0. The van der Waals surface area contributed by atoms with Gasteiger partial charge in [0, 0.05) is 0 Å². The highest BCUT2D eigenvalue weighted by Crippen LogP contribution is 2.22. The fourth-order valence-electron chi connectivity index (χ4n) is 1.66. The van der Waals surface area contributed by atoms with Crippen LogP contribution in [0.15, 0.2) is 41.3 Å². The first-order valence-electron chi connectivity index (χ1n) is 5.95. The highest BCUT2D eigenvalue weighted by Gasteiger charge is 2.13. The van der Waals surface area contributed by atoms with E-state index in [4.69, 9.17) is 0 Å². The average Bonchev–Trinajstić information content (AvgIpc) is 2.36. The van der Waals surface area contributed by atoms with Gasteiger partial charge < -0.3 is 0 Å². The molecule has 1 aromatic rings. The third-order valence-electron chi connectivity index (χ3n) is 2.89. The van der Waals surface area contributed by atoms with E-state index in [1.54, 1.807) is 19.1 Å². The van der Waals surface area contributed by atoms with E-state index in [1.807, 2.05) is 25.1 Å². The zero-order chi connectivity index (χ0) is 12.9. The number of benzene rings is 1. The van der Waals surface area contributed by atoms with E-state index in [2.05, 4.69) is 13.0 Å². The topological polar surface area (TPSA) is 34.1 Å². The fourth-order valence-corrected chi connectivity index (χ4v) is 2.59. The van der Waals surface area contributed by atoms with Gasteiger partial charge in [-0.15, -0.1) is 0 Å². The Morgan fingerprint density at radius 1 is 1.35 bits per heavy atom. The summed E-state index contributed by atoms with van der Waals surface area (Å²) < 4.78 is 23.6. The molecular formula is C14H20O2S. The van der Waals surface area contributed by atoms with Crippen molar-refractivity contribution < 1.29 is 8.42 Å². The van der Waals surface area contributed by atoms with E-state index < -0.39 is 9.84 Å². The lowest BCUT2D eigenvalue weighted by Crippen LogP contribution is -2.04. The molecule has 0 fully saturated rings. The van der Waals surface area contributed by atoms with E-state index in [9.17, 15) is 8.42 Å². The summed E-state index contributed by atoms with van der Waals surface area (Å²) in [6.45, 7) is 5.77. The van der Waals surface area contributed by atoms with E-state index in [0.29, 0.717) is 10.8 Å². The van der Waals surface area contributed by atoms with E-state index in [0.717, 1.165) is 12.0 Å². The molecule has 0 spiro atoms. The highest BCUT2D eigenvalue weighted by atomic mass is 32.2. The second-order valence-corrected chi connectivity index (χ2v) is 6.46. The molecule has 1 rings (SSSR count). The van der Waals surface area contributed by atoms with Crippen LogP contribution in [-0.4, -0.2) is 14.2 Å².